The lowest BCUT2D eigenvalue weighted by Gasteiger charge is -2.16. The van der Waals surface area contributed by atoms with Crippen LogP contribution in [0, 0.1) is 11.6 Å². The summed E-state index contributed by atoms with van der Waals surface area (Å²) in [6, 6.07) is 1.48. The quantitative estimate of drug-likeness (QED) is 0.381. The fourth-order valence-electron chi connectivity index (χ4n) is 2.83. The molecular formula is C20H21F5N4O3S. The van der Waals surface area contributed by atoms with Gasteiger partial charge in [-0.15, -0.1) is 0 Å². The lowest BCUT2D eigenvalue weighted by Crippen LogP contribution is -2.25. The van der Waals surface area contributed by atoms with E-state index in [9.17, 15) is 35.2 Å². The molecule has 1 aromatic heterocycles. The maximum absolute atomic E-state index is 14.2. The summed E-state index contributed by atoms with van der Waals surface area (Å²) in [5, 5.41) is 5.07. The predicted octanol–water partition coefficient (Wildman–Crippen LogP) is 4.07. The van der Waals surface area contributed by atoms with E-state index in [2.05, 4.69) is 15.6 Å². The van der Waals surface area contributed by atoms with E-state index in [0.29, 0.717) is 6.54 Å². The Morgan fingerprint density at radius 2 is 1.82 bits per heavy atom. The van der Waals surface area contributed by atoms with Gasteiger partial charge in [0.1, 0.15) is 11.5 Å². The molecule has 7 nitrogen and oxygen atoms in total. The van der Waals surface area contributed by atoms with Gasteiger partial charge in [0.2, 0.25) is 15.9 Å². The van der Waals surface area contributed by atoms with Crippen molar-refractivity contribution in [2.75, 3.05) is 22.8 Å². The number of amides is 1. The molecule has 180 valence electrons. The van der Waals surface area contributed by atoms with Crippen molar-refractivity contribution in [3.8, 4) is 0 Å². The molecule has 0 aliphatic heterocycles. The smallest absolute Gasteiger partial charge is 0.370 e. The Bertz CT molecular complexity index is 1140. The van der Waals surface area contributed by atoms with E-state index in [4.69, 9.17) is 0 Å². The summed E-state index contributed by atoms with van der Waals surface area (Å²) < 4.78 is 92.5. The third-order valence-electron chi connectivity index (χ3n) is 4.25. The molecule has 0 unspecified atom stereocenters. The number of nitrogens with one attached hydrogen (secondary N) is 3. The van der Waals surface area contributed by atoms with Gasteiger partial charge in [-0.1, -0.05) is 0 Å². The number of aromatic nitrogens is 1. The lowest BCUT2D eigenvalue weighted by molar-refractivity contribution is -0.137. The first kappa shape index (κ1) is 26.0. The van der Waals surface area contributed by atoms with Crippen molar-refractivity contribution in [2.24, 2.45) is 0 Å². The summed E-state index contributed by atoms with van der Waals surface area (Å²) >= 11 is 0. The molecule has 0 radical (unpaired) electrons. The zero-order valence-corrected chi connectivity index (χ0v) is 18.5. The molecule has 13 heteroatoms. The Morgan fingerprint density at radius 1 is 1.21 bits per heavy atom. The number of sulfonamides is 1. The normalized spacial score (nSPS) is 13.1. The van der Waals surface area contributed by atoms with Crippen molar-refractivity contribution in [2.45, 2.75) is 26.1 Å². The summed E-state index contributed by atoms with van der Waals surface area (Å²) in [4.78, 5) is 16.1. The maximum Gasteiger partial charge on any atom is 0.417 e. The van der Waals surface area contributed by atoms with E-state index in [-0.39, 0.29) is 16.9 Å². The van der Waals surface area contributed by atoms with Crippen LogP contribution in [-0.4, -0.2) is 32.1 Å². The van der Waals surface area contributed by atoms with Crippen LogP contribution in [0.2, 0.25) is 0 Å². The predicted molar refractivity (Wildman–Crippen MR) is 114 cm³/mol. The minimum absolute atomic E-state index is 0.0310. The highest BCUT2D eigenvalue weighted by Crippen LogP contribution is 2.35. The van der Waals surface area contributed by atoms with Crippen LogP contribution in [0.4, 0.5) is 33.5 Å². The minimum Gasteiger partial charge on any atom is -0.370 e. The lowest BCUT2D eigenvalue weighted by atomic mass is 10.1. The highest BCUT2D eigenvalue weighted by Gasteiger charge is 2.34. The van der Waals surface area contributed by atoms with Gasteiger partial charge in [0.15, 0.2) is 11.6 Å². The van der Waals surface area contributed by atoms with E-state index in [1.165, 1.54) is 6.92 Å². The van der Waals surface area contributed by atoms with Gasteiger partial charge >= 0.3 is 6.18 Å². The molecule has 2 aromatic rings. The number of anilines is 2. The Kier molecular flexibility index (Phi) is 8.01. The second-order valence-corrected chi connectivity index (χ2v) is 8.69. The minimum atomic E-state index is -4.69. The van der Waals surface area contributed by atoms with Crippen LogP contribution < -0.4 is 15.4 Å². The first-order chi connectivity index (χ1) is 15.2. The molecule has 0 spiro atoms. The Balaban J connectivity index is 2.25. The van der Waals surface area contributed by atoms with E-state index in [0.717, 1.165) is 42.8 Å². The summed E-state index contributed by atoms with van der Waals surface area (Å²) in [6.45, 7) is 3.34. The van der Waals surface area contributed by atoms with Gasteiger partial charge in [0, 0.05) is 24.4 Å². The fourth-order valence-corrected chi connectivity index (χ4v) is 3.39. The molecule has 1 amide bonds. The summed E-state index contributed by atoms with van der Waals surface area (Å²) in [6.07, 6.45) is -1.19. The Labute approximate surface area is 187 Å². The molecule has 1 heterocycles. The highest BCUT2D eigenvalue weighted by molar-refractivity contribution is 7.92. The molecule has 0 bridgehead atoms. The second-order valence-electron chi connectivity index (χ2n) is 6.95. The van der Waals surface area contributed by atoms with E-state index < -0.39 is 51.0 Å². The van der Waals surface area contributed by atoms with Gasteiger partial charge in [-0.3, -0.25) is 9.52 Å². The third-order valence-corrected chi connectivity index (χ3v) is 4.83. The molecule has 0 aliphatic carbocycles. The van der Waals surface area contributed by atoms with Crippen molar-refractivity contribution in [1.29, 1.82) is 0 Å². The monoisotopic (exact) mass is 492 g/mol. The third kappa shape index (κ3) is 7.14. The number of carbonyl (C=O) groups is 1. The molecule has 33 heavy (non-hydrogen) atoms. The average Bonchev–Trinajstić information content (AvgIpc) is 2.68. The highest BCUT2D eigenvalue weighted by atomic mass is 32.2. The number of carbonyl (C=O) groups excluding carboxylic acids is 1. The fraction of sp³-hybridized carbons (Fsp3) is 0.300. The van der Waals surface area contributed by atoms with Crippen LogP contribution in [-0.2, 0) is 21.0 Å². The van der Waals surface area contributed by atoms with Crippen molar-refractivity contribution in [3.05, 3.63) is 58.8 Å². The summed E-state index contributed by atoms with van der Waals surface area (Å²) in [5.41, 5.74) is -2.24. The Hall–Kier alpha value is -3.22. The molecule has 3 N–H and O–H groups in total. The summed E-state index contributed by atoms with van der Waals surface area (Å²) in [5.74, 6) is -3.30. The molecule has 0 fully saturated rings. The molecule has 0 aliphatic rings. The number of hydrogen-bond donors (Lipinski definition) is 3. The maximum atomic E-state index is 14.2. The number of alkyl halides is 3. The number of hydrogen-bond acceptors (Lipinski definition) is 5. The van der Waals surface area contributed by atoms with Crippen molar-refractivity contribution in [1.82, 2.24) is 10.3 Å². The van der Waals surface area contributed by atoms with Crippen molar-refractivity contribution < 1.29 is 35.2 Å². The van der Waals surface area contributed by atoms with Crippen LogP contribution in [0.3, 0.4) is 0 Å². The molecule has 0 saturated carbocycles. The summed E-state index contributed by atoms with van der Waals surface area (Å²) in [7, 11) is -3.93. The zero-order valence-electron chi connectivity index (χ0n) is 17.7. The average molecular weight is 492 g/mol. The van der Waals surface area contributed by atoms with Crippen molar-refractivity contribution in [3.63, 3.8) is 0 Å². The molecule has 2 rings (SSSR count). The first-order valence-corrected chi connectivity index (χ1v) is 11.4. The topological polar surface area (TPSA) is 100 Å². The first-order valence-electron chi connectivity index (χ1n) is 9.48. The van der Waals surface area contributed by atoms with Gasteiger partial charge < -0.3 is 10.6 Å². The van der Waals surface area contributed by atoms with Crippen LogP contribution in [0.25, 0.3) is 6.08 Å². The largest absolute Gasteiger partial charge is 0.417 e. The number of pyridine rings is 1. The SMILES string of the molecule is CCNc1nccc(C(F)(F)F)c1/C=C\C(=O)N[C@H](C)c1cc(F)c(NS(C)(=O)=O)c(F)c1. The molecule has 0 saturated heterocycles. The van der Waals surface area contributed by atoms with Crippen LogP contribution in [0.1, 0.15) is 36.6 Å². The Morgan fingerprint density at radius 3 is 2.33 bits per heavy atom. The van der Waals surface area contributed by atoms with E-state index in [1.54, 1.807) is 11.6 Å². The second kappa shape index (κ2) is 10.1. The van der Waals surface area contributed by atoms with Gasteiger partial charge in [0.05, 0.1) is 17.9 Å². The number of halogens is 5. The van der Waals surface area contributed by atoms with Crippen LogP contribution in [0.5, 0.6) is 0 Å². The number of nitrogens with zero attached hydrogens (tertiary/aromatic N) is 1. The zero-order chi connectivity index (χ0) is 25.0. The van der Waals surface area contributed by atoms with E-state index >= 15 is 0 Å². The van der Waals surface area contributed by atoms with E-state index in [1.807, 2.05) is 0 Å². The molecule has 1 atom stereocenters. The van der Waals surface area contributed by atoms with Gasteiger partial charge in [-0.25, -0.2) is 22.2 Å². The van der Waals surface area contributed by atoms with Gasteiger partial charge in [0.25, 0.3) is 0 Å². The van der Waals surface area contributed by atoms with Gasteiger partial charge in [-0.05, 0) is 43.7 Å². The van der Waals surface area contributed by atoms with Crippen LogP contribution in [0.15, 0.2) is 30.5 Å². The van der Waals surface area contributed by atoms with Gasteiger partial charge in [-0.2, -0.15) is 13.2 Å². The van der Waals surface area contributed by atoms with Crippen molar-refractivity contribution >= 4 is 33.5 Å². The van der Waals surface area contributed by atoms with Crippen LogP contribution >= 0.6 is 0 Å². The number of rotatable bonds is 8. The number of benzene rings is 1. The standard InChI is InChI=1S/C20H21F5N4O3S/c1-4-26-19-13(14(7-8-27-19)20(23,24)25)5-6-17(30)28-11(2)12-9-15(21)18(16(22)10-12)29-33(3,31)32/h5-11,29H,4H2,1-3H3,(H,26,27)(H,28,30)/b6-5-/t11-/m1/s1. The molecule has 1 aromatic carbocycles. The molecular weight excluding hydrogens is 471 g/mol.